The van der Waals surface area contributed by atoms with Crippen LogP contribution in [0.15, 0.2) is 53.2 Å². The zero-order valence-electron chi connectivity index (χ0n) is 12.9. The molecule has 0 saturated heterocycles. The lowest BCUT2D eigenvalue weighted by Gasteiger charge is -2.09. The minimum absolute atomic E-state index is 0.297. The number of ether oxygens (including phenoxy) is 2. The molecule has 3 aromatic rings. The summed E-state index contributed by atoms with van der Waals surface area (Å²) in [4.78, 5) is 25.4. The topological polar surface area (TPSA) is 52.6 Å². The van der Waals surface area contributed by atoms with Gasteiger partial charge in [-0.15, -0.1) is 22.7 Å². The summed E-state index contributed by atoms with van der Waals surface area (Å²) in [6, 6.07) is 12.2. The normalized spacial score (nSPS) is 10.4. The predicted molar refractivity (Wildman–Crippen MR) is 95.0 cm³/mol. The highest BCUT2D eigenvalue weighted by atomic mass is 32.1. The highest BCUT2D eigenvalue weighted by Gasteiger charge is 2.18. The Morgan fingerprint density at radius 3 is 2.46 bits per heavy atom. The molecule has 0 unspecified atom stereocenters. The lowest BCUT2D eigenvalue weighted by Crippen LogP contribution is -2.11. The Morgan fingerprint density at radius 2 is 1.79 bits per heavy atom. The van der Waals surface area contributed by atoms with E-state index in [1.807, 2.05) is 29.0 Å². The molecule has 1 aromatic carbocycles. The summed E-state index contributed by atoms with van der Waals surface area (Å²) in [5.41, 5.74) is 1.50. The number of thiophene rings is 2. The van der Waals surface area contributed by atoms with Crippen LogP contribution >= 0.6 is 22.7 Å². The molecule has 6 heteroatoms. The van der Waals surface area contributed by atoms with E-state index in [0.717, 1.165) is 4.88 Å². The summed E-state index contributed by atoms with van der Waals surface area (Å²) in [6.45, 7) is 2.06. The van der Waals surface area contributed by atoms with Crippen LogP contribution in [0.3, 0.4) is 0 Å². The highest BCUT2D eigenvalue weighted by Crippen LogP contribution is 2.30. The van der Waals surface area contributed by atoms with Crippen molar-refractivity contribution >= 4 is 34.6 Å². The van der Waals surface area contributed by atoms with Crippen molar-refractivity contribution in [3.8, 4) is 15.5 Å². The second kappa shape index (κ2) is 7.42. The first-order valence-electron chi connectivity index (χ1n) is 7.29. The minimum atomic E-state index is -0.453. The van der Waals surface area contributed by atoms with Gasteiger partial charge in [0.2, 0.25) is 0 Å². The van der Waals surface area contributed by atoms with E-state index in [2.05, 4.69) is 0 Å². The summed E-state index contributed by atoms with van der Waals surface area (Å²) in [7, 11) is 0. The lowest BCUT2D eigenvalue weighted by molar-refractivity contribution is 0.0526. The molecule has 24 heavy (non-hydrogen) atoms. The van der Waals surface area contributed by atoms with Gasteiger partial charge >= 0.3 is 11.9 Å². The molecule has 0 fully saturated rings. The van der Waals surface area contributed by atoms with Crippen LogP contribution in [0.4, 0.5) is 0 Å². The number of hydrogen-bond acceptors (Lipinski definition) is 6. The lowest BCUT2D eigenvalue weighted by atomic mass is 10.0. The third-order valence-corrected chi connectivity index (χ3v) is 4.87. The van der Waals surface area contributed by atoms with Gasteiger partial charge in [0.1, 0.15) is 0 Å². The van der Waals surface area contributed by atoms with E-state index in [9.17, 15) is 9.59 Å². The first kappa shape index (κ1) is 16.4. The molecule has 3 rings (SSSR count). The molecule has 0 aliphatic heterocycles. The van der Waals surface area contributed by atoms with Crippen molar-refractivity contribution in [1.29, 1.82) is 0 Å². The van der Waals surface area contributed by atoms with Gasteiger partial charge < -0.3 is 9.47 Å². The van der Waals surface area contributed by atoms with Crippen LogP contribution in [-0.2, 0) is 4.74 Å². The smallest absolute Gasteiger partial charge is 0.344 e. The van der Waals surface area contributed by atoms with Crippen molar-refractivity contribution in [2.24, 2.45) is 0 Å². The van der Waals surface area contributed by atoms with Crippen LogP contribution in [0.1, 0.15) is 27.6 Å². The quantitative estimate of drug-likeness (QED) is 0.611. The largest absolute Gasteiger partial charge is 0.462 e. The van der Waals surface area contributed by atoms with Crippen molar-refractivity contribution in [2.75, 3.05) is 6.61 Å². The van der Waals surface area contributed by atoms with Crippen LogP contribution in [0.2, 0.25) is 0 Å². The Morgan fingerprint density at radius 1 is 1.00 bits per heavy atom. The molecule has 0 atom stereocenters. The average molecular weight is 358 g/mol. The number of rotatable bonds is 5. The summed E-state index contributed by atoms with van der Waals surface area (Å²) in [6.07, 6.45) is 0. The summed E-state index contributed by atoms with van der Waals surface area (Å²) in [5, 5.41) is 4.29. The third-order valence-electron chi connectivity index (χ3n) is 3.23. The zero-order valence-corrected chi connectivity index (χ0v) is 14.5. The molecule has 2 heterocycles. The molecule has 0 N–H and O–H groups in total. The molecule has 0 spiro atoms. The molecule has 0 bridgehead atoms. The summed E-state index contributed by atoms with van der Waals surface area (Å²) < 4.78 is 10.4. The van der Waals surface area contributed by atoms with Crippen molar-refractivity contribution in [2.45, 2.75) is 6.92 Å². The summed E-state index contributed by atoms with van der Waals surface area (Å²) in [5.74, 6) is -0.857. The molecule has 0 radical (unpaired) electrons. The van der Waals surface area contributed by atoms with Crippen LogP contribution in [-0.4, -0.2) is 18.5 Å². The van der Waals surface area contributed by atoms with Gasteiger partial charge in [0.25, 0.3) is 0 Å². The molecule has 0 amide bonds. The van der Waals surface area contributed by atoms with Crippen LogP contribution in [0, 0.1) is 0 Å². The van der Waals surface area contributed by atoms with E-state index < -0.39 is 11.9 Å². The van der Waals surface area contributed by atoms with Crippen molar-refractivity contribution in [1.82, 2.24) is 0 Å². The number of hydrogen-bond donors (Lipinski definition) is 0. The van der Waals surface area contributed by atoms with Crippen molar-refractivity contribution < 1.29 is 19.1 Å². The Labute approximate surface area is 147 Å². The van der Waals surface area contributed by atoms with E-state index in [1.54, 1.807) is 31.2 Å². The van der Waals surface area contributed by atoms with Gasteiger partial charge in [0.05, 0.1) is 17.7 Å². The zero-order chi connectivity index (χ0) is 16.9. The monoisotopic (exact) mass is 358 g/mol. The molecule has 0 saturated carbocycles. The number of carbonyl (C=O) groups is 2. The Balaban J connectivity index is 1.96. The fourth-order valence-corrected chi connectivity index (χ4v) is 3.49. The Kier molecular flexibility index (Phi) is 5.08. The van der Waals surface area contributed by atoms with Crippen LogP contribution in [0.25, 0.3) is 10.4 Å². The Bertz CT molecular complexity index is 836. The Hall–Kier alpha value is -2.44. The molecule has 0 aliphatic carbocycles. The fourth-order valence-electron chi connectivity index (χ4n) is 2.17. The third kappa shape index (κ3) is 3.55. The summed E-state index contributed by atoms with van der Waals surface area (Å²) >= 11 is 2.84. The molecular weight excluding hydrogens is 344 g/mol. The van der Waals surface area contributed by atoms with E-state index in [0.29, 0.717) is 28.4 Å². The van der Waals surface area contributed by atoms with Gasteiger partial charge in [-0.3, -0.25) is 0 Å². The average Bonchev–Trinajstić information content (AvgIpc) is 3.28. The van der Waals surface area contributed by atoms with Crippen molar-refractivity contribution in [3.05, 3.63) is 64.4 Å². The molecule has 2 aromatic heterocycles. The first-order chi connectivity index (χ1) is 11.7. The van der Waals surface area contributed by atoms with E-state index in [-0.39, 0.29) is 0 Å². The SMILES string of the molecule is CCOC(=O)c1ccc(C(=O)Oc2cccs2)cc1-c1cccs1. The number of carbonyl (C=O) groups excluding carboxylic acids is 2. The van der Waals surface area contributed by atoms with E-state index >= 15 is 0 Å². The maximum Gasteiger partial charge on any atom is 0.344 e. The van der Waals surface area contributed by atoms with Gasteiger partial charge in [-0.05, 0) is 54.1 Å². The molecule has 0 aliphatic rings. The fraction of sp³-hybridized carbons (Fsp3) is 0.111. The predicted octanol–water partition coefficient (Wildman–Crippen LogP) is 4.87. The van der Waals surface area contributed by atoms with Crippen LogP contribution < -0.4 is 4.74 Å². The minimum Gasteiger partial charge on any atom is -0.462 e. The van der Waals surface area contributed by atoms with E-state index in [4.69, 9.17) is 9.47 Å². The van der Waals surface area contributed by atoms with Gasteiger partial charge in [-0.25, -0.2) is 9.59 Å². The van der Waals surface area contributed by atoms with E-state index in [1.165, 1.54) is 22.7 Å². The van der Waals surface area contributed by atoms with Crippen molar-refractivity contribution in [3.63, 3.8) is 0 Å². The first-order valence-corrected chi connectivity index (χ1v) is 9.05. The maximum absolute atomic E-state index is 12.3. The van der Waals surface area contributed by atoms with Gasteiger partial charge in [0, 0.05) is 10.4 Å². The second-order valence-electron chi connectivity index (χ2n) is 4.78. The van der Waals surface area contributed by atoms with Gasteiger partial charge in [-0.2, -0.15) is 0 Å². The molecular formula is C18H14O4S2. The number of benzene rings is 1. The van der Waals surface area contributed by atoms with Gasteiger partial charge in [0.15, 0.2) is 5.06 Å². The van der Waals surface area contributed by atoms with Crippen LogP contribution in [0.5, 0.6) is 5.06 Å². The maximum atomic E-state index is 12.3. The molecule has 122 valence electrons. The number of esters is 2. The molecule has 4 nitrogen and oxygen atoms in total. The standard InChI is InChI=1S/C18H14O4S2/c1-2-21-18(20)13-8-7-12(11-14(13)15-5-3-9-23-15)17(19)22-16-6-4-10-24-16/h3-11H,2H2,1H3. The van der Waals surface area contributed by atoms with Gasteiger partial charge in [-0.1, -0.05) is 6.07 Å². The second-order valence-corrected chi connectivity index (χ2v) is 6.64. The highest BCUT2D eigenvalue weighted by molar-refractivity contribution is 7.13.